The Balaban J connectivity index is 1.78. The van der Waals surface area contributed by atoms with Gasteiger partial charge in [-0.3, -0.25) is 9.59 Å². The standard InChI is InChI=1S/C28H27ClN2O4/c1-30(2)15-8-16-31-25(19-9-7-14-23(18-19)35-22-12-4-3-5-13-22)24(27(33)28(31)34)26(32)20-10-6-11-21(29)17-20/h3-7,9-14,17-18,25,32H,8,15-16H2,1-2H3/b26-24-. The Morgan fingerprint density at radius 3 is 2.40 bits per heavy atom. The number of rotatable bonds is 8. The molecule has 1 aliphatic heterocycles. The number of halogens is 1. The van der Waals surface area contributed by atoms with E-state index in [1.54, 1.807) is 30.3 Å². The van der Waals surface area contributed by atoms with Gasteiger partial charge in [-0.2, -0.15) is 0 Å². The zero-order valence-corrected chi connectivity index (χ0v) is 20.4. The highest BCUT2D eigenvalue weighted by Crippen LogP contribution is 2.41. The Morgan fingerprint density at radius 2 is 1.69 bits per heavy atom. The van der Waals surface area contributed by atoms with Gasteiger partial charge in [-0.25, -0.2) is 0 Å². The summed E-state index contributed by atoms with van der Waals surface area (Å²) in [6, 6.07) is 22.5. The number of nitrogens with zero attached hydrogens (tertiary/aromatic N) is 2. The summed E-state index contributed by atoms with van der Waals surface area (Å²) in [7, 11) is 3.91. The molecule has 180 valence electrons. The third kappa shape index (κ3) is 5.56. The highest BCUT2D eigenvalue weighted by atomic mass is 35.5. The molecule has 0 aliphatic carbocycles. The SMILES string of the molecule is CN(C)CCCN1C(=O)C(=O)/C(=C(\O)c2cccc(Cl)c2)C1c1cccc(Oc2ccccc2)c1. The summed E-state index contributed by atoms with van der Waals surface area (Å²) in [6.45, 7) is 1.12. The molecule has 1 heterocycles. The number of hydrogen-bond donors (Lipinski definition) is 1. The molecule has 6 nitrogen and oxygen atoms in total. The van der Waals surface area contributed by atoms with Crippen molar-refractivity contribution < 1.29 is 19.4 Å². The minimum absolute atomic E-state index is 0.0407. The number of aliphatic hydroxyl groups is 1. The van der Waals surface area contributed by atoms with Gasteiger partial charge < -0.3 is 19.6 Å². The van der Waals surface area contributed by atoms with E-state index in [9.17, 15) is 14.7 Å². The van der Waals surface area contributed by atoms with Crippen molar-refractivity contribution in [2.75, 3.05) is 27.2 Å². The molecule has 7 heteroatoms. The van der Waals surface area contributed by atoms with Gasteiger partial charge in [0.05, 0.1) is 11.6 Å². The number of aliphatic hydroxyl groups excluding tert-OH is 1. The van der Waals surface area contributed by atoms with Crippen LogP contribution < -0.4 is 4.74 Å². The Labute approximate surface area is 210 Å². The van der Waals surface area contributed by atoms with Crippen LogP contribution in [0.1, 0.15) is 23.6 Å². The van der Waals surface area contributed by atoms with Crippen molar-refractivity contribution in [3.63, 3.8) is 0 Å². The van der Waals surface area contributed by atoms with E-state index < -0.39 is 17.7 Å². The average Bonchev–Trinajstić information content (AvgIpc) is 3.09. The van der Waals surface area contributed by atoms with Gasteiger partial charge in [0.25, 0.3) is 11.7 Å². The van der Waals surface area contributed by atoms with E-state index >= 15 is 0 Å². The van der Waals surface area contributed by atoms with Crippen LogP contribution in [-0.2, 0) is 9.59 Å². The van der Waals surface area contributed by atoms with Crippen LogP contribution in [0.3, 0.4) is 0 Å². The lowest BCUT2D eigenvalue weighted by Gasteiger charge is -2.26. The van der Waals surface area contributed by atoms with Crippen molar-refractivity contribution in [2.45, 2.75) is 12.5 Å². The maximum atomic E-state index is 13.2. The highest BCUT2D eigenvalue weighted by Gasteiger charge is 2.45. The summed E-state index contributed by atoms with van der Waals surface area (Å²) in [6.07, 6.45) is 0.675. The second kappa shape index (κ2) is 10.8. The number of ether oxygens (including phenoxy) is 1. The van der Waals surface area contributed by atoms with Crippen LogP contribution >= 0.6 is 11.6 Å². The lowest BCUT2D eigenvalue weighted by molar-refractivity contribution is -0.139. The first kappa shape index (κ1) is 24.5. The molecule has 1 unspecified atom stereocenters. The molecule has 0 radical (unpaired) electrons. The van der Waals surface area contributed by atoms with E-state index in [1.165, 1.54) is 4.90 Å². The van der Waals surface area contributed by atoms with E-state index in [4.69, 9.17) is 16.3 Å². The van der Waals surface area contributed by atoms with E-state index in [-0.39, 0.29) is 11.3 Å². The van der Waals surface area contributed by atoms with Gasteiger partial charge in [-0.1, -0.05) is 54.1 Å². The predicted molar refractivity (Wildman–Crippen MR) is 137 cm³/mol. The van der Waals surface area contributed by atoms with Gasteiger partial charge >= 0.3 is 0 Å². The second-order valence-electron chi connectivity index (χ2n) is 8.65. The minimum Gasteiger partial charge on any atom is -0.507 e. The van der Waals surface area contributed by atoms with Crippen molar-refractivity contribution in [3.8, 4) is 11.5 Å². The molecule has 1 fully saturated rings. The van der Waals surface area contributed by atoms with Crippen molar-refractivity contribution in [2.24, 2.45) is 0 Å². The predicted octanol–water partition coefficient (Wildman–Crippen LogP) is 5.51. The molecule has 4 rings (SSSR count). The lowest BCUT2D eigenvalue weighted by Crippen LogP contribution is -2.32. The van der Waals surface area contributed by atoms with Gasteiger partial charge in [0.15, 0.2) is 0 Å². The Morgan fingerprint density at radius 1 is 0.971 bits per heavy atom. The van der Waals surface area contributed by atoms with E-state index in [0.717, 1.165) is 6.54 Å². The molecule has 1 atom stereocenters. The monoisotopic (exact) mass is 490 g/mol. The van der Waals surface area contributed by atoms with Gasteiger partial charge in [0.2, 0.25) is 0 Å². The smallest absolute Gasteiger partial charge is 0.295 e. The van der Waals surface area contributed by atoms with Crippen LogP contribution in [0.4, 0.5) is 0 Å². The zero-order chi connectivity index (χ0) is 24.9. The largest absolute Gasteiger partial charge is 0.507 e. The maximum Gasteiger partial charge on any atom is 0.295 e. The fourth-order valence-corrected chi connectivity index (χ4v) is 4.37. The van der Waals surface area contributed by atoms with Crippen molar-refractivity contribution >= 4 is 29.1 Å². The number of amides is 1. The molecule has 0 saturated carbocycles. The third-order valence-corrected chi connectivity index (χ3v) is 6.03. The van der Waals surface area contributed by atoms with Gasteiger partial charge in [0, 0.05) is 17.1 Å². The molecule has 1 aliphatic rings. The number of Topliss-reactive ketones (excluding diaryl/α,β-unsaturated/α-hetero) is 1. The normalized spacial score (nSPS) is 17.3. The number of benzene rings is 3. The van der Waals surface area contributed by atoms with Gasteiger partial charge in [-0.15, -0.1) is 0 Å². The molecule has 1 N–H and O–H groups in total. The molecular weight excluding hydrogens is 464 g/mol. The van der Waals surface area contributed by atoms with Crippen molar-refractivity contribution in [1.82, 2.24) is 9.80 Å². The number of carbonyl (C=O) groups is 2. The number of likely N-dealkylation sites (tertiary alicyclic amines) is 1. The van der Waals surface area contributed by atoms with Crippen LogP contribution in [0.15, 0.2) is 84.4 Å². The fourth-order valence-electron chi connectivity index (χ4n) is 4.18. The van der Waals surface area contributed by atoms with Crippen LogP contribution in [0.5, 0.6) is 11.5 Å². The quantitative estimate of drug-likeness (QED) is 0.256. The van der Waals surface area contributed by atoms with Crippen LogP contribution in [0, 0.1) is 0 Å². The first-order valence-corrected chi connectivity index (χ1v) is 11.7. The second-order valence-corrected chi connectivity index (χ2v) is 9.08. The molecule has 0 bridgehead atoms. The van der Waals surface area contributed by atoms with Crippen molar-refractivity contribution in [1.29, 1.82) is 0 Å². The Bertz CT molecular complexity index is 1260. The fraction of sp³-hybridized carbons (Fsp3) is 0.214. The summed E-state index contributed by atoms with van der Waals surface area (Å²) in [5.41, 5.74) is 1.09. The number of para-hydroxylation sites is 1. The molecule has 0 spiro atoms. The summed E-state index contributed by atoms with van der Waals surface area (Å²) in [4.78, 5) is 29.9. The first-order valence-electron chi connectivity index (χ1n) is 11.4. The van der Waals surface area contributed by atoms with Gasteiger partial charge in [-0.05, 0) is 69.0 Å². The Kier molecular flexibility index (Phi) is 7.54. The summed E-state index contributed by atoms with van der Waals surface area (Å²) < 4.78 is 5.99. The average molecular weight is 491 g/mol. The summed E-state index contributed by atoms with van der Waals surface area (Å²) in [5.74, 6) is -0.363. The third-order valence-electron chi connectivity index (χ3n) is 5.80. The van der Waals surface area contributed by atoms with E-state index in [1.807, 2.05) is 67.5 Å². The minimum atomic E-state index is -0.754. The first-order chi connectivity index (χ1) is 16.8. The molecule has 1 saturated heterocycles. The van der Waals surface area contributed by atoms with Crippen molar-refractivity contribution in [3.05, 3.63) is 101 Å². The van der Waals surface area contributed by atoms with Crippen LogP contribution in [-0.4, -0.2) is 53.8 Å². The maximum absolute atomic E-state index is 13.2. The summed E-state index contributed by atoms with van der Waals surface area (Å²) >= 11 is 6.12. The number of hydrogen-bond acceptors (Lipinski definition) is 5. The van der Waals surface area contributed by atoms with Crippen LogP contribution in [0.2, 0.25) is 5.02 Å². The molecule has 35 heavy (non-hydrogen) atoms. The number of carbonyl (C=O) groups excluding carboxylic acids is 2. The molecule has 1 amide bonds. The number of ketones is 1. The van der Waals surface area contributed by atoms with Gasteiger partial charge in [0.1, 0.15) is 17.3 Å². The molecule has 3 aromatic rings. The zero-order valence-electron chi connectivity index (χ0n) is 19.6. The van der Waals surface area contributed by atoms with E-state index in [2.05, 4.69) is 0 Å². The lowest BCUT2D eigenvalue weighted by atomic mass is 9.95. The highest BCUT2D eigenvalue weighted by molar-refractivity contribution is 6.46. The topological polar surface area (TPSA) is 70.1 Å². The molecular formula is C28H27ClN2O4. The molecule has 3 aromatic carbocycles. The summed E-state index contributed by atoms with van der Waals surface area (Å²) in [5, 5.41) is 11.6. The Hall–Kier alpha value is -3.61. The van der Waals surface area contributed by atoms with Crippen LogP contribution in [0.25, 0.3) is 5.76 Å². The molecule has 0 aromatic heterocycles. The van der Waals surface area contributed by atoms with E-state index in [0.29, 0.717) is 40.6 Å².